The monoisotopic (exact) mass is 299 g/mol. The van der Waals surface area contributed by atoms with Crippen molar-refractivity contribution in [2.75, 3.05) is 6.26 Å². The van der Waals surface area contributed by atoms with E-state index in [1.807, 2.05) is 56.4 Å². The lowest BCUT2D eigenvalue weighted by atomic mass is 10.1. The van der Waals surface area contributed by atoms with Gasteiger partial charge in [0.05, 0.1) is 0 Å². The van der Waals surface area contributed by atoms with Gasteiger partial charge >= 0.3 is 0 Å². The molecule has 0 radical (unpaired) electrons. The fourth-order valence-corrected chi connectivity index (χ4v) is 3.23. The lowest BCUT2D eigenvalue weighted by Gasteiger charge is -2.07. The molecular weight excluding hydrogens is 282 g/mol. The first-order valence-corrected chi connectivity index (χ1v) is 8.75. The fourth-order valence-electron chi connectivity index (χ4n) is 2.28. The van der Waals surface area contributed by atoms with Gasteiger partial charge in [0.15, 0.2) is 5.65 Å². The summed E-state index contributed by atoms with van der Waals surface area (Å²) >= 11 is 0. The molecule has 1 unspecified atom stereocenters. The SMILES string of the molecule is CC=S(C)(=O)c1ccc(-c2cccn3nc(C)nc23)cc1. The number of aromatic nitrogens is 3. The Kier molecular flexibility index (Phi) is 3.29. The standard InChI is InChI=1S/C16H17N3OS/c1-4-21(3,20)14-9-7-13(8-10-14)15-6-5-11-19-16(15)17-12(2)18-19/h4-11H,1-3H3. The Balaban J connectivity index is 2.14. The van der Waals surface area contributed by atoms with Gasteiger partial charge < -0.3 is 0 Å². The third-order valence-corrected chi connectivity index (χ3v) is 5.66. The van der Waals surface area contributed by atoms with Gasteiger partial charge in [0, 0.05) is 22.9 Å². The van der Waals surface area contributed by atoms with Gasteiger partial charge in [0.1, 0.15) is 5.82 Å². The summed E-state index contributed by atoms with van der Waals surface area (Å²) in [4.78, 5) is 5.31. The minimum atomic E-state index is -2.04. The van der Waals surface area contributed by atoms with E-state index in [2.05, 4.69) is 10.1 Å². The minimum Gasteiger partial charge on any atom is -0.263 e. The van der Waals surface area contributed by atoms with Crippen molar-refractivity contribution in [3.63, 3.8) is 0 Å². The zero-order chi connectivity index (χ0) is 15.0. The van der Waals surface area contributed by atoms with Crippen LogP contribution in [0.15, 0.2) is 47.5 Å². The molecule has 0 amide bonds. The van der Waals surface area contributed by atoms with Gasteiger partial charge in [-0.25, -0.2) is 9.50 Å². The summed E-state index contributed by atoms with van der Waals surface area (Å²) in [6.07, 6.45) is 3.64. The van der Waals surface area contributed by atoms with Crippen LogP contribution in [0.5, 0.6) is 0 Å². The van der Waals surface area contributed by atoms with Crippen molar-refractivity contribution < 1.29 is 4.21 Å². The predicted molar refractivity (Wildman–Crippen MR) is 87.2 cm³/mol. The van der Waals surface area contributed by atoms with E-state index in [9.17, 15) is 4.21 Å². The van der Waals surface area contributed by atoms with Crippen LogP contribution in [0.4, 0.5) is 0 Å². The number of aryl methyl sites for hydroxylation is 1. The summed E-state index contributed by atoms with van der Waals surface area (Å²) in [5, 5.41) is 6.08. The average Bonchev–Trinajstić information content (AvgIpc) is 2.87. The molecular formula is C16H17N3OS. The third kappa shape index (κ3) is 2.45. The van der Waals surface area contributed by atoms with E-state index in [4.69, 9.17) is 0 Å². The molecule has 21 heavy (non-hydrogen) atoms. The molecule has 0 saturated heterocycles. The Morgan fingerprint density at radius 1 is 1.19 bits per heavy atom. The Bertz CT molecular complexity index is 916. The van der Waals surface area contributed by atoms with Gasteiger partial charge in [-0.05, 0) is 58.6 Å². The Morgan fingerprint density at radius 2 is 1.90 bits per heavy atom. The molecule has 0 aliphatic carbocycles. The van der Waals surface area contributed by atoms with Gasteiger partial charge in [-0.1, -0.05) is 12.1 Å². The second kappa shape index (κ2) is 5.00. The molecule has 0 bridgehead atoms. The highest BCUT2D eigenvalue weighted by molar-refractivity contribution is 8.00. The Morgan fingerprint density at radius 3 is 2.57 bits per heavy atom. The molecule has 3 aromatic rings. The summed E-state index contributed by atoms with van der Waals surface area (Å²) in [7, 11) is -2.04. The summed E-state index contributed by atoms with van der Waals surface area (Å²) in [5.74, 6) is 0.747. The van der Waals surface area contributed by atoms with Crippen LogP contribution < -0.4 is 0 Å². The van der Waals surface area contributed by atoms with Gasteiger partial charge in [-0.15, -0.1) is 0 Å². The van der Waals surface area contributed by atoms with Crippen LogP contribution in [0, 0.1) is 6.92 Å². The van der Waals surface area contributed by atoms with E-state index in [0.29, 0.717) is 0 Å². The fraction of sp³-hybridized carbons (Fsp3) is 0.188. The number of hydrogen-bond donors (Lipinski definition) is 0. The van der Waals surface area contributed by atoms with Crippen LogP contribution in [0.2, 0.25) is 0 Å². The van der Waals surface area contributed by atoms with Crippen molar-refractivity contribution in [3.05, 3.63) is 48.4 Å². The summed E-state index contributed by atoms with van der Waals surface area (Å²) < 4.78 is 14.1. The minimum absolute atomic E-state index is 0.747. The predicted octanol–water partition coefficient (Wildman–Crippen LogP) is 2.80. The molecule has 2 heterocycles. The van der Waals surface area contributed by atoms with E-state index in [1.54, 1.807) is 16.1 Å². The van der Waals surface area contributed by atoms with Crippen LogP contribution in [-0.4, -0.2) is 30.4 Å². The summed E-state index contributed by atoms with van der Waals surface area (Å²) in [5.41, 5.74) is 2.90. The maximum Gasteiger partial charge on any atom is 0.163 e. The molecule has 0 fully saturated rings. The summed E-state index contributed by atoms with van der Waals surface area (Å²) in [6.45, 7) is 3.71. The molecule has 2 aromatic heterocycles. The Labute approximate surface area is 124 Å². The van der Waals surface area contributed by atoms with Crippen LogP contribution in [-0.2, 0) is 9.52 Å². The van der Waals surface area contributed by atoms with Crippen LogP contribution in [0.3, 0.4) is 0 Å². The summed E-state index contributed by atoms with van der Waals surface area (Å²) in [6, 6.07) is 11.8. The molecule has 5 heteroatoms. The lowest BCUT2D eigenvalue weighted by molar-refractivity contribution is 0.684. The van der Waals surface area contributed by atoms with Crippen LogP contribution >= 0.6 is 0 Å². The van der Waals surface area contributed by atoms with Crippen molar-refractivity contribution in [1.29, 1.82) is 0 Å². The number of fused-ring (bicyclic) bond motifs is 1. The second-order valence-corrected chi connectivity index (χ2v) is 7.76. The third-order valence-electron chi connectivity index (χ3n) is 3.55. The number of hydrogen-bond acceptors (Lipinski definition) is 3. The molecule has 0 aliphatic rings. The van der Waals surface area contributed by atoms with Gasteiger partial charge in [0.25, 0.3) is 0 Å². The van der Waals surface area contributed by atoms with E-state index in [0.717, 1.165) is 27.5 Å². The van der Waals surface area contributed by atoms with E-state index in [1.165, 1.54) is 0 Å². The maximum absolute atomic E-state index is 12.3. The number of benzene rings is 1. The molecule has 0 aliphatic heterocycles. The molecule has 108 valence electrons. The van der Waals surface area contributed by atoms with Crippen molar-refractivity contribution in [1.82, 2.24) is 14.6 Å². The van der Waals surface area contributed by atoms with Crippen LogP contribution in [0.25, 0.3) is 16.8 Å². The molecule has 0 saturated carbocycles. The molecule has 1 aromatic carbocycles. The molecule has 3 rings (SSSR count). The molecule has 1 atom stereocenters. The Hall–Kier alpha value is -2.14. The van der Waals surface area contributed by atoms with E-state index < -0.39 is 9.52 Å². The number of nitrogens with zero attached hydrogens (tertiary/aromatic N) is 3. The highest BCUT2D eigenvalue weighted by Gasteiger charge is 2.09. The normalized spacial score (nSPS) is 14.0. The number of rotatable bonds is 2. The molecule has 0 N–H and O–H groups in total. The van der Waals surface area contributed by atoms with Gasteiger partial charge in [-0.3, -0.25) is 4.21 Å². The van der Waals surface area contributed by atoms with E-state index >= 15 is 0 Å². The first kappa shape index (κ1) is 13.8. The maximum atomic E-state index is 12.3. The average molecular weight is 299 g/mol. The zero-order valence-electron chi connectivity index (χ0n) is 12.3. The number of pyridine rings is 1. The quantitative estimate of drug-likeness (QED) is 0.684. The zero-order valence-corrected chi connectivity index (χ0v) is 13.1. The van der Waals surface area contributed by atoms with Gasteiger partial charge in [0.2, 0.25) is 0 Å². The highest BCUT2D eigenvalue weighted by Crippen LogP contribution is 2.24. The highest BCUT2D eigenvalue weighted by atomic mass is 32.2. The topological polar surface area (TPSA) is 47.3 Å². The lowest BCUT2D eigenvalue weighted by Crippen LogP contribution is -1.99. The van der Waals surface area contributed by atoms with Gasteiger partial charge in [-0.2, -0.15) is 5.10 Å². The van der Waals surface area contributed by atoms with Crippen molar-refractivity contribution in [2.24, 2.45) is 0 Å². The largest absolute Gasteiger partial charge is 0.263 e. The second-order valence-electron chi connectivity index (χ2n) is 5.01. The first-order chi connectivity index (χ1) is 10.0. The molecule has 0 spiro atoms. The van der Waals surface area contributed by atoms with Crippen molar-refractivity contribution in [3.8, 4) is 11.1 Å². The van der Waals surface area contributed by atoms with Crippen molar-refractivity contribution in [2.45, 2.75) is 18.7 Å². The first-order valence-electron chi connectivity index (χ1n) is 6.72. The van der Waals surface area contributed by atoms with Crippen LogP contribution in [0.1, 0.15) is 12.7 Å². The van der Waals surface area contributed by atoms with Crippen molar-refractivity contribution >= 4 is 20.5 Å². The smallest absolute Gasteiger partial charge is 0.163 e. The molecule has 4 nitrogen and oxygen atoms in total. The van der Waals surface area contributed by atoms with E-state index in [-0.39, 0.29) is 0 Å².